The SMILES string of the molecule is CCCCNC(=O)CN(C)c1nn2c(NC(C)(C)C)c(-c3ccc(CC)cc3)nc2s1. The smallest absolute Gasteiger partial charge is 0.239 e. The lowest BCUT2D eigenvalue weighted by atomic mass is 10.1. The Morgan fingerprint density at radius 2 is 1.90 bits per heavy atom. The molecule has 0 bridgehead atoms. The number of benzene rings is 1. The molecule has 0 saturated carbocycles. The maximum absolute atomic E-state index is 12.2. The highest BCUT2D eigenvalue weighted by Crippen LogP contribution is 2.34. The van der Waals surface area contributed by atoms with Gasteiger partial charge in [0.25, 0.3) is 0 Å². The second kappa shape index (κ2) is 9.68. The first-order valence-corrected chi connectivity index (χ1v) is 11.8. The number of anilines is 2. The minimum absolute atomic E-state index is 0.00790. The molecule has 31 heavy (non-hydrogen) atoms. The summed E-state index contributed by atoms with van der Waals surface area (Å²) >= 11 is 1.49. The monoisotopic (exact) mass is 442 g/mol. The molecule has 3 rings (SSSR count). The molecule has 0 spiro atoms. The zero-order valence-corrected chi connectivity index (χ0v) is 20.3. The van der Waals surface area contributed by atoms with Crippen LogP contribution < -0.4 is 15.5 Å². The molecule has 7 nitrogen and oxygen atoms in total. The van der Waals surface area contributed by atoms with E-state index in [2.05, 4.69) is 69.5 Å². The molecular weight excluding hydrogens is 408 g/mol. The number of nitrogens with zero attached hydrogens (tertiary/aromatic N) is 4. The number of aryl methyl sites for hydroxylation is 1. The van der Waals surface area contributed by atoms with Crippen LogP contribution in [0.3, 0.4) is 0 Å². The number of carbonyl (C=O) groups excluding carboxylic acids is 1. The van der Waals surface area contributed by atoms with Crippen molar-refractivity contribution in [2.75, 3.05) is 30.4 Å². The molecule has 8 heteroatoms. The maximum atomic E-state index is 12.2. The summed E-state index contributed by atoms with van der Waals surface area (Å²) in [5.74, 6) is 0.878. The third-order valence-electron chi connectivity index (χ3n) is 4.88. The van der Waals surface area contributed by atoms with E-state index in [0.717, 1.165) is 46.4 Å². The number of aromatic nitrogens is 3. The van der Waals surface area contributed by atoms with Gasteiger partial charge in [0.05, 0.1) is 6.54 Å². The van der Waals surface area contributed by atoms with Gasteiger partial charge in [0, 0.05) is 24.7 Å². The summed E-state index contributed by atoms with van der Waals surface area (Å²) in [7, 11) is 1.89. The number of hydrogen-bond donors (Lipinski definition) is 2. The van der Waals surface area contributed by atoms with Crippen LogP contribution in [0.1, 0.15) is 53.0 Å². The Labute approximate surface area is 188 Å². The fraction of sp³-hybridized carbons (Fsp3) is 0.522. The summed E-state index contributed by atoms with van der Waals surface area (Å²) in [5.41, 5.74) is 3.10. The topological polar surface area (TPSA) is 74.6 Å². The molecule has 0 atom stereocenters. The van der Waals surface area contributed by atoms with Crippen molar-refractivity contribution in [2.45, 2.75) is 59.4 Å². The van der Waals surface area contributed by atoms with E-state index in [1.54, 1.807) is 0 Å². The molecule has 1 amide bonds. The molecule has 0 saturated heterocycles. The number of nitrogens with one attached hydrogen (secondary N) is 2. The van der Waals surface area contributed by atoms with Crippen molar-refractivity contribution in [1.82, 2.24) is 19.9 Å². The third kappa shape index (κ3) is 5.76. The summed E-state index contributed by atoms with van der Waals surface area (Å²) in [4.78, 5) is 19.8. The summed E-state index contributed by atoms with van der Waals surface area (Å²) in [5, 5.41) is 12.1. The van der Waals surface area contributed by atoms with Crippen LogP contribution in [0.15, 0.2) is 24.3 Å². The van der Waals surface area contributed by atoms with E-state index in [9.17, 15) is 4.79 Å². The summed E-state index contributed by atoms with van der Waals surface area (Å²) in [6.07, 6.45) is 3.06. The van der Waals surface area contributed by atoms with E-state index < -0.39 is 0 Å². The van der Waals surface area contributed by atoms with Crippen LogP contribution >= 0.6 is 11.3 Å². The molecular formula is C23H34N6OS. The molecule has 0 unspecified atom stereocenters. The van der Waals surface area contributed by atoms with Crippen molar-refractivity contribution >= 4 is 33.2 Å². The molecule has 0 aliphatic carbocycles. The van der Waals surface area contributed by atoms with Gasteiger partial charge in [0.1, 0.15) is 5.69 Å². The van der Waals surface area contributed by atoms with Crippen LogP contribution in [0.2, 0.25) is 0 Å². The van der Waals surface area contributed by atoms with Gasteiger partial charge in [-0.1, -0.05) is 55.9 Å². The van der Waals surface area contributed by atoms with Gasteiger partial charge in [0.2, 0.25) is 16.0 Å². The van der Waals surface area contributed by atoms with E-state index in [1.165, 1.54) is 16.9 Å². The number of unbranched alkanes of at least 4 members (excludes halogenated alkanes) is 1. The van der Waals surface area contributed by atoms with E-state index in [1.807, 2.05) is 16.5 Å². The van der Waals surface area contributed by atoms with Gasteiger partial charge in [-0.25, -0.2) is 4.98 Å². The van der Waals surface area contributed by atoms with Crippen LogP contribution in [-0.2, 0) is 11.2 Å². The number of fused-ring (bicyclic) bond motifs is 1. The number of rotatable bonds is 9. The van der Waals surface area contributed by atoms with Crippen molar-refractivity contribution in [3.63, 3.8) is 0 Å². The zero-order chi connectivity index (χ0) is 22.6. The Kier molecular flexibility index (Phi) is 7.20. The average molecular weight is 443 g/mol. The Hall–Kier alpha value is -2.61. The van der Waals surface area contributed by atoms with Crippen molar-refractivity contribution in [1.29, 1.82) is 0 Å². The molecule has 0 radical (unpaired) electrons. The number of amides is 1. The van der Waals surface area contributed by atoms with Crippen LogP contribution in [0.25, 0.3) is 16.2 Å². The Morgan fingerprint density at radius 3 is 2.52 bits per heavy atom. The second-order valence-corrected chi connectivity index (χ2v) is 9.81. The first-order valence-electron chi connectivity index (χ1n) is 11.0. The minimum Gasteiger partial charge on any atom is -0.364 e. The van der Waals surface area contributed by atoms with Gasteiger partial charge in [-0.2, -0.15) is 4.52 Å². The largest absolute Gasteiger partial charge is 0.364 e. The normalized spacial score (nSPS) is 11.7. The number of carbonyl (C=O) groups is 1. The van der Waals surface area contributed by atoms with Crippen LogP contribution in [-0.4, -0.2) is 46.2 Å². The maximum Gasteiger partial charge on any atom is 0.239 e. The standard InChI is InChI=1S/C23H34N6OS/c1-7-9-14-24-18(30)15-28(6)22-27-29-20(26-23(3,4)5)19(25-21(29)31-22)17-12-10-16(8-2)11-13-17/h10-13,26H,7-9,14-15H2,1-6H3,(H,24,30). The molecule has 2 heterocycles. The number of hydrogen-bond acceptors (Lipinski definition) is 6. The lowest BCUT2D eigenvalue weighted by Crippen LogP contribution is -2.35. The quantitative estimate of drug-likeness (QED) is 0.474. The lowest BCUT2D eigenvalue weighted by molar-refractivity contribution is -0.119. The van der Waals surface area contributed by atoms with Gasteiger partial charge < -0.3 is 15.5 Å². The summed E-state index contributed by atoms with van der Waals surface area (Å²) < 4.78 is 1.86. The van der Waals surface area contributed by atoms with Crippen molar-refractivity contribution < 1.29 is 4.79 Å². The Morgan fingerprint density at radius 1 is 1.19 bits per heavy atom. The highest BCUT2D eigenvalue weighted by molar-refractivity contribution is 7.20. The lowest BCUT2D eigenvalue weighted by Gasteiger charge is -2.22. The number of likely N-dealkylation sites (N-methyl/N-ethyl adjacent to an activating group) is 1. The molecule has 168 valence electrons. The Bertz CT molecular complexity index is 1020. The van der Waals surface area contributed by atoms with Crippen LogP contribution in [0.4, 0.5) is 10.9 Å². The molecule has 0 aliphatic rings. The van der Waals surface area contributed by atoms with E-state index in [4.69, 9.17) is 10.1 Å². The van der Waals surface area contributed by atoms with E-state index in [-0.39, 0.29) is 18.0 Å². The van der Waals surface area contributed by atoms with Gasteiger partial charge >= 0.3 is 0 Å². The van der Waals surface area contributed by atoms with Crippen molar-refractivity contribution in [3.8, 4) is 11.3 Å². The molecule has 3 aromatic rings. The fourth-order valence-electron chi connectivity index (χ4n) is 3.20. The highest BCUT2D eigenvalue weighted by atomic mass is 32.1. The first-order chi connectivity index (χ1) is 14.7. The van der Waals surface area contributed by atoms with Gasteiger partial charge in [0.15, 0.2) is 5.82 Å². The summed E-state index contributed by atoms with van der Waals surface area (Å²) in [6.45, 7) is 11.6. The second-order valence-electron chi connectivity index (χ2n) is 8.87. The predicted octanol–water partition coefficient (Wildman–Crippen LogP) is 4.58. The van der Waals surface area contributed by atoms with E-state index >= 15 is 0 Å². The van der Waals surface area contributed by atoms with E-state index in [0.29, 0.717) is 6.54 Å². The third-order valence-corrected chi connectivity index (χ3v) is 5.90. The predicted molar refractivity (Wildman–Crippen MR) is 130 cm³/mol. The van der Waals surface area contributed by atoms with Crippen LogP contribution in [0.5, 0.6) is 0 Å². The molecule has 2 N–H and O–H groups in total. The summed E-state index contributed by atoms with van der Waals surface area (Å²) in [6, 6.07) is 8.53. The van der Waals surface area contributed by atoms with Gasteiger partial charge in [-0.15, -0.1) is 5.10 Å². The van der Waals surface area contributed by atoms with Gasteiger partial charge in [-0.3, -0.25) is 4.79 Å². The minimum atomic E-state index is -0.150. The molecule has 0 aliphatic heterocycles. The fourth-order valence-corrected chi connectivity index (χ4v) is 4.06. The Balaban J connectivity index is 1.90. The highest BCUT2D eigenvalue weighted by Gasteiger charge is 2.23. The van der Waals surface area contributed by atoms with Crippen molar-refractivity contribution in [3.05, 3.63) is 29.8 Å². The number of imidazole rings is 1. The molecule has 1 aromatic carbocycles. The average Bonchev–Trinajstić information content (AvgIpc) is 3.27. The zero-order valence-electron chi connectivity index (χ0n) is 19.5. The van der Waals surface area contributed by atoms with Crippen LogP contribution in [0, 0.1) is 0 Å². The van der Waals surface area contributed by atoms with Gasteiger partial charge in [-0.05, 0) is 39.2 Å². The van der Waals surface area contributed by atoms with Crippen molar-refractivity contribution in [2.24, 2.45) is 0 Å². The first kappa shape index (κ1) is 23.1. The molecule has 2 aromatic heterocycles. The molecule has 0 fully saturated rings.